The van der Waals surface area contributed by atoms with Gasteiger partial charge < -0.3 is 14.2 Å². The third-order valence-electron chi connectivity index (χ3n) is 5.59. The highest BCUT2D eigenvalue weighted by atomic mass is 16.3. The number of rotatable bonds is 5. The standard InChI is InChI=1S/C22H30N2O2/c1-18-9-8-10-19(2)22(18)23-21(25)16-24(15-20-11-14-26-17-20)12-6-4-3-5-7-13-24/h8-11,14,17H,3-7,12-13,15-16H2,1-2H3/p+1. The van der Waals surface area contributed by atoms with E-state index in [0.29, 0.717) is 6.54 Å². The molecule has 1 aliphatic rings. The van der Waals surface area contributed by atoms with E-state index in [-0.39, 0.29) is 5.91 Å². The molecule has 0 unspecified atom stereocenters. The lowest BCUT2D eigenvalue weighted by atomic mass is 10.0. The molecule has 1 aromatic carbocycles. The Morgan fingerprint density at radius 3 is 2.31 bits per heavy atom. The summed E-state index contributed by atoms with van der Waals surface area (Å²) in [6.45, 7) is 7.62. The number of anilines is 1. The summed E-state index contributed by atoms with van der Waals surface area (Å²) in [6.07, 6.45) is 9.78. The molecule has 26 heavy (non-hydrogen) atoms. The van der Waals surface area contributed by atoms with Gasteiger partial charge >= 0.3 is 0 Å². The van der Waals surface area contributed by atoms with Gasteiger partial charge in [0.15, 0.2) is 6.54 Å². The number of nitrogens with one attached hydrogen (secondary N) is 1. The maximum Gasteiger partial charge on any atom is 0.279 e. The summed E-state index contributed by atoms with van der Waals surface area (Å²) in [6, 6.07) is 8.16. The van der Waals surface area contributed by atoms with Crippen LogP contribution in [0.2, 0.25) is 0 Å². The second-order valence-electron chi connectivity index (χ2n) is 7.82. The average Bonchev–Trinajstić information content (AvgIpc) is 3.08. The summed E-state index contributed by atoms with van der Waals surface area (Å²) >= 11 is 0. The first kappa shape index (κ1) is 18.7. The highest BCUT2D eigenvalue weighted by molar-refractivity contribution is 5.93. The Hall–Kier alpha value is -2.07. The second kappa shape index (κ2) is 8.54. The van der Waals surface area contributed by atoms with Crippen molar-refractivity contribution in [3.8, 4) is 0 Å². The molecule has 1 N–H and O–H groups in total. The van der Waals surface area contributed by atoms with Gasteiger partial charge in [0, 0.05) is 11.3 Å². The molecular weight excluding hydrogens is 324 g/mol. The minimum atomic E-state index is 0.117. The van der Waals surface area contributed by atoms with Crippen molar-refractivity contribution in [2.75, 3.05) is 25.0 Å². The molecule has 0 aliphatic carbocycles. The summed E-state index contributed by atoms with van der Waals surface area (Å²) in [5.74, 6) is 0.117. The van der Waals surface area contributed by atoms with Gasteiger partial charge in [0.1, 0.15) is 6.54 Å². The fourth-order valence-electron chi connectivity index (χ4n) is 4.17. The third kappa shape index (κ3) is 4.76. The fourth-order valence-corrected chi connectivity index (χ4v) is 4.17. The average molecular weight is 356 g/mol. The van der Waals surface area contributed by atoms with Gasteiger partial charge in [-0.2, -0.15) is 0 Å². The van der Waals surface area contributed by atoms with Crippen LogP contribution in [0.5, 0.6) is 0 Å². The minimum absolute atomic E-state index is 0.117. The van der Waals surface area contributed by atoms with Crippen LogP contribution in [0, 0.1) is 13.8 Å². The van der Waals surface area contributed by atoms with Gasteiger partial charge in [-0.25, -0.2) is 0 Å². The Morgan fingerprint density at radius 1 is 1.04 bits per heavy atom. The van der Waals surface area contributed by atoms with Gasteiger partial charge in [0.05, 0.1) is 25.6 Å². The lowest BCUT2D eigenvalue weighted by Crippen LogP contribution is -2.53. The van der Waals surface area contributed by atoms with E-state index in [0.717, 1.165) is 40.9 Å². The van der Waals surface area contributed by atoms with E-state index < -0.39 is 0 Å². The summed E-state index contributed by atoms with van der Waals surface area (Å²) < 4.78 is 6.11. The van der Waals surface area contributed by atoms with E-state index in [9.17, 15) is 4.79 Å². The number of carbonyl (C=O) groups is 1. The van der Waals surface area contributed by atoms with Gasteiger partial charge in [-0.05, 0) is 56.7 Å². The quantitative estimate of drug-likeness (QED) is 0.782. The first-order valence-corrected chi connectivity index (χ1v) is 9.80. The third-order valence-corrected chi connectivity index (χ3v) is 5.59. The van der Waals surface area contributed by atoms with Gasteiger partial charge in [0.25, 0.3) is 5.91 Å². The van der Waals surface area contributed by atoms with Crippen molar-refractivity contribution < 1.29 is 13.7 Å². The van der Waals surface area contributed by atoms with Crippen LogP contribution in [0.1, 0.15) is 48.8 Å². The van der Waals surface area contributed by atoms with Crippen molar-refractivity contribution in [2.24, 2.45) is 0 Å². The van der Waals surface area contributed by atoms with Crippen molar-refractivity contribution in [3.63, 3.8) is 0 Å². The van der Waals surface area contributed by atoms with Crippen LogP contribution < -0.4 is 5.32 Å². The molecule has 2 heterocycles. The molecule has 4 nitrogen and oxygen atoms in total. The van der Waals surface area contributed by atoms with Crippen LogP contribution in [0.25, 0.3) is 0 Å². The number of aryl methyl sites for hydroxylation is 2. The number of carbonyl (C=O) groups excluding carboxylic acids is 1. The molecule has 1 aliphatic heterocycles. The van der Waals surface area contributed by atoms with Crippen molar-refractivity contribution in [2.45, 2.75) is 52.5 Å². The van der Waals surface area contributed by atoms with Crippen LogP contribution in [0.3, 0.4) is 0 Å². The largest absolute Gasteiger partial charge is 0.472 e. The van der Waals surface area contributed by atoms with Crippen molar-refractivity contribution >= 4 is 11.6 Å². The van der Waals surface area contributed by atoms with Crippen molar-refractivity contribution in [1.82, 2.24) is 0 Å². The van der Waals surface area contributed by atoms with Crippen LogP contribution in [0.15, 0.2) is 41.2 Å². The van der Waals surface area contributed by atoms with Gasteiger partial charge in [-0.1, -0.05) is 24.6 Å². The highest BCUT2D eigenvalue weighted by Crippen LogP contribution is 2.24. The molecule has 1 amide bonds. The number of benzene rings is 1. The molecule has 4 heteroatoms. The normalized spacial score (nSPS) is 17.3. The Bertz CT molecular complexity index is 693. The van der Waals surface area contributed by atoms with Gasteiger partial charge in [0.2, 0.25) is 0 Å². The number of nitrogens with zero attached hydrogens (tertiary/aromatic N) is 1. The van der Waals surface area contributed by atoms with E-state index >= 15 is 0 Å². The van der Waals surface area contributed by atoms with Gasteiger partial charge in [-0.3, -0.25) is 4.79 Å². The zero-order valence-corrected chi connectivity index (χ0v) is 16.1. The molecule has 0 spiro atoms. The molecule has 0 saturated carbocycles. The lowest BCUT2D eigenvalue weighted by Gasteiger charge is -2.39. The highest BCUT2D eigenvalue weighted by Gasteiger charge is 2.31. The van der Waals surface area contributed by atoms with E-state index in [1.54, 1.807) is 6.26 Å². The maximum atomic E-state index is 13.0. The second-order valence-corrected chi connectivity index (χ2v) is 7.82. The fraction of sp³-hybridized carbons (Fsp3) is 0.500. The number of para-hydroxylation sites is 1. The summed E-state index contributed by atoms with van der Waals surface area (Å²) in [5.41, 5.74) is 4.39. The van der Waals surface area contributed by atoms with E-state index in [4.69, 9.17) is 4.42 Å². The first-order valence-electron chi connectivity index (χ1n) is 9.80. The molecule has 2 aromatic rings. The molecule has 1 aromatic heterocycles. The molecule has 140 valence electrons. The van der Waals surface area contributed by atoms with Crippen molar-refractivity contribution in [3.05, 3.63) is 53.5 Å². The Labute approximate surface area is 156 Å². The predicted octanol–water partition coefficient (Wildman–Crippen LogP) is 4.82. The number of likely N-dealkylation sites (tertiary alicyclic amines) is 1. The van der Waals surface area contributed by atoms with E-state index in [1.807, 2.05) is 18.4 Å². The van der Waals surface area contributed by atoms with Crippen LogP contribution in [-0.2, 0) is 11.3 Å². The zero-order chi connectivity index (χ0) is 18.4. The van der Waals surface area contributed by atoms with E-state index in [2.05, 4.69) is 31.3 Å². The number of furan rings is 1. The van der Waals surface area contributed by atoms with Crippen LogP contribution >= 0.6 is 0 Å². The smallest absolute Gasteiger partial charge is 0.279 e. The summed E-state index contributed by atoms with van der Waals surface area (Å²) in [5, 5.41) is 3.19. The van der Waals surface area contributed by atoms with Crippen molar-refractivity contribution in [1.29, 1.82) is 0 Å². The Balaban J connectivity index is 1.76. The van der Waals surface area contributed by atoms with Crippen LogP contribution in [-0.4, -0.2) is 30.0 Å². The molecular formula is C22H31N2O2+. The number of hydrogen-bond acceptors (Lipinski definition) is 2. The molecule has 0 radical (unpaired) electrons. The molecule has 1 fully saturated rings. The Morgan fingerprint density at radius 2 is 1.69 bits per heavy atom. The molecule has 1 saturated heterocycles. The lowest BCUT2D eigenvalue weighted by molar-refractivity contribution is -0.934. The monoisotopic (exact) mass is 355 g/mol. The van der Waals surface area contributed by atoms with Crippen LogP contribution in [0.4, 0.5) is 5.69 Å². The molecule has 0 atom stereocenters. The number of hydrogen-bond donors (Lipinski definition) is 1. The van der Waals surface area contributed by atoms with E-state index in [1.165, 1.54) is 37.7 Å². The Kier molecular flexibility index (Phi) is 6.15. The number of amides is 1. The first-order chi connectivity index (χ1) is 12.6. The van der Waals surface area contributed by atoms with Gasteiger partial charge in [-0.15, -0.1) is 0 Å². The zero-order valence-electron chi connectivity index (χ0n) is 16.1. The molecule has 0 bridgehead atoms. The molecule has 3 rings (SSSR count). The SMILES string of the molecule is Cc1cccc(C)c1NC(=O)C[N+]1(Cc2ccoc2)CCCCCCC1. The summed E-state index contributed by atoms with van der Waals surface area (Å²) in [7, 11) is 0. The minimum Gasteiger partial charge on any atom is -0.472 e. The maximum absolute atomic E-state index is 13.0. The predicted molar refractivity (Wildman–Crippen MR) is 105 cm³/mol. The topological polar surface area (TPSA) is 42.2 Å². The number of quaternary nitrogens is 1. The summed E-state index contributed by atoms with van der Waals surface area (Å²) in [4.78, 5) is 13.0.